The Hall–Kier alpha value is -2.43. The number of carboxylic acids is 1. The van der Waals surface area contributed by atoms with E-state index in [0.29, 0.717) is 17.7 Å². The average Bonchev–Trinajstić information content (AvgIpc) is 2.82. The van der Waals surface area contributed by atoms with Gasteiger partial charge in [0.15, 0.2) is 0 Å². The summed E-state index contributed by atoms with van der Waals surface area (Å²) in [5.41, 5.74) is 1.05. The van der Waals surface area contributed by atoms with Gasteiger partial charge in [-0.25, -0.2) is 14.2 Å². The number of nitrogens with zero attached hydrogens (tertiary/aromatic N) is 2. The molecule has 0 aliphatic heterocycles. The Morgan fingerprint density at radius 3 is 2.94 bits per heavy atom. The topological polar surface area (TPSA) is 55.1 Å². The molecule has 0 spiro atoms. The molecular weight excluding hydrogens is 235 g/mol. The van der Waals surface area contributed by atoms with Crippen LogP contribution in [0.25, 0.3) is 6.08 Å². The first-order chi connectivity index (χ1) is 8.65. The molecule has 0 aliphatic carbocycles. The average molecular weight is 246 g/mol. The predicted molar refractivity (Wildman–Crippen MR) is 64.4 cm³/mol. The number of rotatable bonds is 4. The van der Waals surface area contributed by atoms with E-state index in [1.165, 1.54) is 12.1 Å². The normalized spacial score (nSPS) is 10.9. The van der Waals surface area contributed by atoms with Crippen LogP contribution in [-0.2, 0) is 11.3 Å². The number of benzene rings is 1. The van der Waals surface area contributed by atoms with Crippen molar-refractivity contribution in [1.29, 1.82) is 0 Å². The summed E-state index contributed by atoms with van der Waals surface area (Å²) in [7, 11) is 0. The third-order valence-electron chi connectivity index (χ3n) is 2.41. The molecule has 2 aromatic rings. The molecule has 92 valence electrons. The highest BCUT2D eigenvalue weighted by molar-refractivity contribution is 5.85. The standard InChI is InChI=1S/C13H11FN2O2/c14-12-7-10(2-4-13(17)18)1-3-11(12)8-16-6-5-15-9-16/h1-7,9H,8H2,(H,17,18). The van der Waals surface area contributed by atoms with Crippen molar-refractivity contribution in [2.24, 2.45) is 0 Å². The number of hydrogen-bond acceptors (Lipinski definition) is 2. The zero-order valence-electron chi connectivity index (χ0n) is 9.45. The van der Waals surface area contributed by atoms with E-state index < -0.39 is 5.97 Å². The number of carbonyl (C=O) groups is 1. The van der Waals surface area contributed by atoms with Crippen LogP contribution in [0.1, 0.15) is 11.1 Å². The molecule has 1 aromatic carbocycles. The molecule has 0 saturated heterocycles. The van der Waals surface area contributed by atoms with Crippen LogP contribution in [0.4, 0.5) is 4.39 Å². The van der Waals surface area contributed by atoms with Gasteiger partial charge in [-0.2, -0.15) is 0 Å². The van der Waals surface area contributed by atoms with E-state index in [4.69, 9.17) is 5.11 Å². The van der Waals surface area contributed by atoms with Crippen LogP contribution in [0.2, 0.25) is 0 Å². The lowest BCUT2D eigenvalue weighted by Gasteiger charge is -2.05. The molecule has 0 bridgehead atoms. The minimum atomic E-state index is -1.06. The summed E-state index contributed by atoms with van der Waals surface area (Å²) in [6, 6.07) is 4.62. The fourth-order valence-corrected chi connectivity index (χ4v) is 1.54. The van der Waals surface area contributed by atoms with Gasteiger partial charge in [-0.3, -0.25) is 0 Å². The fraction of sp³-hybridized carbons (Fsp3) is 0.0769. The molecule has 1 heterocycles. The largest absolute Gasteiger partial charge is 0.478 e. The predicted octanol–water partition coefficient (Wildman–Crippen LogP) is 2.17. The molecule has 0 radical (unpaired) electrons. The van der Waals surface area contributed by atoms with Crippen molar-refractivity contribution in [3.63, 3.8) is 0 Å². The molecular formula is C13H11FN2O2. The fourth-order valence-electron chi connectivity index (χ4n) is 1.54. The van der Waals surface area contributed by atoms with Crippen LogP contribution in [0.5, 0.6) is 0 Å². The molecule has 2 rings (SSSR count). The van der Waals surface area contributed by atoms with Gasteiger partial charge in [0.2, 0.25) is 0 Å². The Morgan fingerprint density at radius 2 is 2.33 bits per heavy atom. The Labute approximate surface area is 103 Å². The zero-order chi connectivity index (χ0) is 13.0. The van der Waals surface area contributed by atoms with Gasteiger partial charge in [0.1, 0.15) is 5.82 Å². The van der Waals surface area contributed by atoms with E-state index in [0.717, 1.165) is 6.08 Å². The first-order valence-corrected chi connectivity index (χ1v) is 5.30. The Bertz CT molecular complexity index is 577. The van der Waals surface area contributed by atoms with E-state index >= 15 is 0 Å². The molecule has 0 atom stereocenters. The molecule has 1 N–H and O–H groups in total. The van der Waals surface area contributed by atoms with Crippen LogP contribution in [0.15, 0.2) is 43.0 Å². The zero-order valence-corrected chi connectivity index (χ0v) is 9.45. The summed E-state index contributed by atoms with van der Waals surface area (Å²) < 4.78 is 15.5. The van der Waals surface area contributed by atoms with Crippen molar-refractivity contribution in [2.75, 3.05) is 0 Å². The number of halogens is 1. The minimum absolute atomic E-state index is 0.365. The Kier molecular flexibility index (Phi) is 3.52. The molecule has 18 heavy (non-hydrogen) atoms. The molecule has 5 heteroatoms. The Balaban J connectivity index is 2.17. The molecule has 0 unspecified atom stereocenters. The second kappa shape index (κ2) is 5.27. The summed E-state index contributed by atoms with van der Waals surface area (Å²) in [5.74, 6) is -1.42. The van der Waals surface area contributed by atoms with Gasteiger partial charge < -0.3 is 9.67 Å². The van der Waals surface area contributed by atoms with Crippen molar-refractivity contribution >= 4 is 12.0 Å². The lowest BCUT2D eigenvalue weighted by Crippen LogP contribution is -1.99. The number of aromatic nitrogens is 2. The summed E-state index contributed by atoms with van der Waals surface area (Å²) in [6.45, 7) is 0.398. The lowest BCUT2D eigenvalue weighted by molar-refractivity contribution is -0.131. The summed E-state index contributed by atoms with van der Waals surface area (Å²) in [4.78, 5) is 14.2. The van der Waals surface area contributed by atoms with Crippen molar-refractivity contribution in [2.45, 2.75) is 6.54 Å². The van der Waals surface area contributed by atoms with Crippen molar-refractivity contribution < 1.29 is 14.3 Å². The maximum absolute atomic E-state index is 13.8. The lowest BCUT2D eigenvalue weighted by atomic mass is 10.1. The molecule has 0 fully saturated rings. The smallest absolute Gasteiger partial charge is 0.328 e. The number of aliphatic carboxylic acids is 1. The van der Waals surface area contributed by atoms with Gasteiger partial charge in [-0.1, -0.05) is 12.1 Å². The second-order valence-corrected chi connectivity index (χ2v) is 3.76. The summed E-state index contributed by atoms with van der Waals surface area (Å²) in [6.07, 6.45) is 7.31. The maximum atomic E-state index is 13.8. The molecule has 0 amide bonds. The maximum Gasteiger partial charge on any atom is 0.328 e. The van der Waals surface area contributed by atoms with Gasteiger partial charge >= 0.3 is 5.97 Å². The summed E-state index contributed by atoms with van der Waals surface area (Å²) >= 11 is 0. The number of carboxylic acid groups (broad SMARTS) is 1. The quantitative estimate of drug-likeness (QED) is 0.841. The van der Waals surface area contributed by atoms with E-state index in [-0.39, 0.29) is 5.82 Å². The van der Waals surface area contributed by atoms with Crippen LogP contribution in [0.3, 0.4) is 0 Å². The van der Waals surface area contributed by atoms with E-state index in [2.05, 4.69) is 4.98 Å². The molecule has 0 saturated carbocycles. The monoisotopic (exact) mass is 246 g/mol. The molecule has 4 nitrogen and oxygen atoms in total. The van der Waals surface area contributed by atoms with Crippen molar-refractivity contribution in [1.82, 2.24) is 9.55 Å². The number of imidazole rings is 1. The van der Waals surface area contributed by atoms with E-state index in [1.54, 1.807) is 35.4 Å². The van der Waals surface area contributed by atoms with Crippen molar-refractivity contribution in [3.05, 3.63) is 59.9 Å². The van der Waals surface area contributed by atoms with Gasteiger partial charge in [0.25, 0.3) is 0 Å². The van der Waals surface area contributed by atoms with Gasteiger partial charge in [-0.05, 0) is 17.7 Å². The third kappa shape index (κ3) is 3.04. The van der Waals surface area contributed by atoms with Crippen LogP contribution < -0.4 is 0 Å². The highest BCUT2D eigenvalue weighted by Crippen LogP contribution is 2.13. The van der Waals surface area contributed by atoms with E-state index in [1.807, 2.05) is 0 Å². The first-order valence-electron chi connectivity index (χ1n) is 5.30. The second-order valence-electron chi connectivity index (χ2n) is 3.76. The van der Waals surface area contributed by atoms with Gasteiger partial charge in [0, 0.05) is 24.0 Å². The van der Waals surface area contributed by atoms with E-state index in [9.17, 15) is 9.18 Å². The third-order valence-corrected chi connectivity index (χ3v) is 2.41. The first kappa shape index (κ1) is 12.0. The van der Waals surface area contributed by atoms with Crippen LogP contribution >= 0.6 is 0 Å². The highest BCUT2D eigenvalue weighted by Gasteiger charge is 2.03. The molecule has 1 aromatic heterocycles. The van der Waals surface area contributed by atoms with Crippen LogP contribution in [-0.4, -0.2) is 20.6 Å². The van der Waals surface area contributed by atoms with Gasteiger partial charge in [0.05, 0.1) is 12.9 Å². The Morgan fingerprint density at radius 1 is 1.50 bits per heavy atom. The number of hydrogen-bond donors (Lipinski definition) is 1. The SMILES string of the molecule is O=C(O)C=Cc1ccc(Cn2ccnc2)c(F)c1. The minimum Gasteiger partial charge on any atom is -0.478 e. The van der Waals surface area contributed by atoms with Crippen molar-refractivity contribution in [3.8, 4) is 0 Å². The summed E-state index contributed by atoms with van der Waals surface area (Å²) in [5, 5.41) is 8.48. The molecule has 0 aliphatic rings. The van der Waals surface area contributed by atoms with Gasteiger partial charge in [-0.15, -0.1) is 0 Å². The highest BCUT2D eigenvalue weighted by atomic mass is 19.1. The van der Waals surface area contributed by atoms with Crippen LogP contribution in [0, 0.1) is 5.82 Å².